The van der Waals surface area contributed by atoms with Gasteiger partial charge in [-0.05, 0) is 50.2 Å². The van der Waals surface area contributed by atoms with E-state index in [1.54, 1.807) is 11.3 Å². The first kappa shape index (κ1) is 16.0. The standard InChI is InChI=1S/C17H26N2O2S/c20-16(12-13-6-5-11-22-13)18-14-7-1-2-8-15(17(14)21)19-9-3-4-10-19/h5-6,11,14-15,17,21H,1-4,7-10,12H2,(H,18,20)/t14-,15-,17-/m1/s1. The zero-order valence-corrected chi connectivity index (χ0v) is 13.9. The van der Waals surface area contributed by atoms with Crippen molar-refractivity contribution in [2.45, 2.75) is 63.1 Å². The Balaban J connectivity index is 1.59. The lowest BCUT2D eigenvalue weighted by Crippen LogP contribution is -2.52. The molecule has 2 aliphatic rings. The monoisotopic (exact) mass is 322 g/mol. The minimum Gasteiger partial charge on any atom is -0.389 e. The maximum atomic E-state index is 12.2. The van der Waals surface area contributed by atoms with Crippen LogP contribution in [0.2, 0.25) is 0 Å². The van der Waals surface area contributed by atoms with E-state index in [-0.39, 0.29) is 18.0 Å². The van der Waals surface area contributed by atoms with Crippen molar-refractivity contribution in [3.8, 4) is 0 Å². The summed E-state index contributed by atoms with van der Waals surface area (Å²) >= 11 is 1.61. The summed E-state index contributed by atoms with van der Waals surface area (Å²) in [6.07, 6.45) is 6.64. The highest BCUT2D eigenvalue weighted by atomic mass is 32.1. The Labute approximate surface area is 136 Å². The van der Waals surface area contributed by atoms with Gasteiger partial charge in [-0.15, -0.1) is 11.3 Å². The van der Waals surface area contributed by atoms with E-state index in [0.717, 1.165) is 43.6 Å². The van der Waals surface area contributed by atoms with Crippen LogP contribution in [-0.2, 0) is 11.2 Å². The van der Waals surface area contributed by atoms with E-state index < -0.39 is 6.10 Å². The van der Waals surface area contributed by atoms with Crippen LogP contribution in [0.3, 0.4) is 0 Å². The minimum absolute atomic E-state index is 0.0357. The van der Waals surface area contributed by atoms with Crippen molar-refractivity contribution in [3.05, 3.63) is 22.4 Å². The first-order chi connectivity index (χ1) is 10.7. The van der Waals surface area contributed by atoms with E-state index in [1.807, 2.05) is 17.5 Å². The molecule has 0 radical (unpaired) electrons. The summed E-state index contributed by atoms with van der Waals surface area (Å²) in [5.74, 6) is 0.0357. The third-order valence-corrected chi connectivity index (χ3v) is 5.82. The summed E-state index contributed by atoms with van der Waals surface area (Å²) in [4.78, 5) is 15.7. The molecule has 1 aromatic heterocycles. The predicted octanol–water partition coefficient (Wildman–Crippen LogP) is 2.17. The molecular weight excluding hydrogens is 296 g/mol. The predicted molar refractivity (Wildman–Crippen MR) is 89.0 cm³/mol. The fraction of sp³-hybridized carbons (Fsp3) is 0.706. The van der Waals surface area contributed by atoms with E-state index in [1.165, 1.54) is 12.8 Å². The van der Waals surface area contributed by atoms with Gasteiger partial charge in [-0.25, -0.2) is 0 Å². The number of aliphatic hydroxyl groups is 1. The second-order valence-electron chi connectivity index (χ2n) is 6.52. The lowest BCUT2D eigenvalue weighted by molar-refractivity contribution is -0.122. The molecule has 3 rings (SSSR count). The number of carbonyl (C=O) groups excluding carboxylic acids is 1. The van der Waals surface area contributed by atoms with Gasteiger partial charge in [0.05, 0.1) is 18.6 Å². The summed E-state index contributed by atoms with van der Waals surface area (Å²) in [5, 5.41) is 15.9. The number of aliphatic hydroxyl groups excluding tert-OH is 1. The van der Waals surface area contributed by atoms with Gasteiger partial charge in [0.15, 0.2) is 0 Å². The van der Waals surface area contributed by atoms with Gasteiger partial charge in [0.2, 0.25) is 5.91 Å². The average Bonchev–Trinajstić information content (AvgIpc) is 3.16. The second-order valence-corrected chi connectivity index (χ2v) is 7.55. The number of amides is 1. The quantitative estimate of drug-likeness (QED) is 0.836. The number of likely N-dealkylation sites (tertiary alicyclic amines) is 1. The molecule has 1 aromatic rings. The zero-order valence-electron chi connectivity index (χ0n) is 13.0. The maximum Gasteiger partial charge on any atom is 0.225 e. The van der Waals surface area contributed by atoms with E-state index in [2.05, 4.69) is 10.2 Å². The first-order valence-corrected chi connectivity index (χ1v) is 9.36. The highest BCUT2D eigenvalue weighted by molar-refractivity contribution is 7.10. The van der Waals surface area contributed by atoms with Gasteiger partial charge in [0.1, 0.15) is 0 Å². The molecule has 122 valence electrons. The summed E-state index contributed by atoms with van der Waals surface area (Å²) in [7, 11) is 0. The Morgan fingerprint density at radius 1 is 1.27 bits per heavy atom. The van der Waals surface area contributed by atoms with Crippen LogP contribution in [-0.4, -0.2) is 47.2 Å². The first-order valence-electron chi connectivity index (χ1n) is 8.48. The summed E-state index contributed by atoms with van der Waals surface area (Å²) in [6.45, 7) is 2.19. The van der Waals surface area contributed by atoms with Crippen molar-refractivity contribution in [2.75, 3.05) is 13.1 Å². The van der Waals surface area contributed by atoms with Crippen molar-refractivity contribution < 1.29 is 9.90 Å². The molecule has 1 aliphatic carbocycles. The van der Waals surface area contributed by atoms with Gasteiger partial charge in [-0.3, -0.25) is 9.69 Å². The highest BCUT2D eigenvalue weighted by Crippen LogP contribution is 2.26. The van der Waals surface area contributed by atoms with Crippen LogP contribution in [0.1, 0.15) is 43.4 Å². The van der Waals surface area contributed by atoms with Crippen LogP contribution in [0.25, 0.3) is 0 Å². The van der Waals surface area contributed by atoms with Crippen LogP contribution < -0.4 is 5.32 Å². The van der Waals surface area contributed by atoms with Gasteiger partial charge in [-0.2, -0.15) is 0 Å². The molecule has 2 heterocycles. The zero-order chi connectivity index (χ0) is 15.4. The fourth-order valence-electron chi connectivity index (χ4n) is 3.79. The number of nitrogens with one attached hydrogen (secondary N) is 1. The Kier molecular flexibility index (Phi) is 5.50. The van der Waals surface area contributed by atoms with Crippen molar-refractivity contribution in [2.24, 2.45) is 0 Å². The number of hydrogen-bond acceptors (Lipinski definition) is 4. The number of carbonyl (C=O) groups is 1. The van der Waals surface area contributed by atoms with Gasteiger partial charge in [-0.1, -0.05) is 18.9 Å². The molecule has 0 aromatic carbocycles. The van der Waals surface area contributed by atoms with Crippen LogP contribution in [0.4, 0.5) is 0 Å². The van der Waals surface area contributed by atoms with Crippen LogP contribution in [0.5, 0.6) is 0 Å². The van der Waals surface area contributed by atoms with Crippen molar-refractivity contribution in [1.29, 1.82) is 0 Å². The van der Waals surface area contributed by atoms with Gasteiger partial charge < -0.3 is 10.4 Å². The molecule has 0 unspecified atom stereocenters. The molecule has 5 heteroatoms. The Bertz CT molecular complexity index is 471. The second kappa shape index (κ2) is 7.57. The van der Waals surface area contributed by atoms with E-state index >= 15 is 0 Å². The van der Waals surface area contributed by atoms with Crippen LogP contribution >= 0.6 is 11.3 Å². The van der Waals surface area contributed by atoms with Crippen molar-refractivity contribution in [1.82, 2.24) is 10.2 Å². The third kappa shape index (κ3) is 3.89. The summed E-state index contributed by atoms with van der Waals surface area (Å²) < 4.78 is 0. The molecule has 1 amide bonds. The summed E-state index contributed by atoms with van der Waals surface area (Å²) in [6, 6.07) is 4.08. The number of thiophene rings is 1. The molecular formula is C17H26N2O2S. The molecule has 4 nitrogen and oxygen atoms in total. The largest absolute Gasteiger partial charge is 0.389 e. The molecule has 1 aliphatic heterocycles. The lowest BCUT2D eigenvalue weighted by Gasteiger charge is -2.34. The average molecular weight is 322 g/mol. The van der Waals surface area contributed by atoms with E-state index in [9.17, 15) is 9.90 Å². The molecule has 2 N–H and O–H groups in total. The van der Waals surface area contributed by atoms with Crippen LogP contribution in [0.15, 0.2) is 17.5 Å². The van der Waals surface area contributed by atoms with Crippen molar-refractivity contribution in [3.63, 3.8) is 0 Å². The SMILES string of the molecule is O=C(Cc1cccs1)N[C@@H]1CCCC[C@@H](N2CCCC2)[C@@H]1O. The fourth-order valence-corrected chi connectivity index (χ4v) is 4.49. The normalized spacial score (nSPS) is 30.1. The number of hydrogen-bond donors (Lipinski definition) is 2. The van der Waals surface area contributed by atoms with E-state index in [0.29, 0.717) is 6.42 Å². The lowest BCUT2D eigenvalue weighted by atomic mass is 10.00. The maximum absolute atomic E-state index is 12.2. The molecule has 0 spiro atoms. The number of rotatable bonds is 4. The molecule has 0 bridgehead atoms. The van der Waals surface area contributed by atoms with Gasteiger partial charge in [0.25, 0.3) is 0 Å². The summed E-state index contributed by atoms with van der Waals surface area (Å²) in [5.41, 5.74) is 0. The molecule has 1 saturated carbocycles. The highest BCUT2D eigenvalue weighted by Gasteiger charge is 2.35. The molecule has 3 atom stereocenters. The molecule has 1 saturated heterocycles. The van der Waals surface area contributed by atoms with Gasteiger partial charge in [0, 0.05) is 10.9 Å². The molecule has 22 heavy (non-hydrogen) atoms. The van der Waals surface area contributed by atoms with Gasteiger partial charge >= 0.3 is 0 Å². The molecule has 2 fully saturated rings. The number of nitrogens with zero attached hydrogens (tertiary/aromatic N) is 1. The third-order valence-electron chi connectivity index (χ3n) is 4.94. The Morgan fingerprint density at radius 2 is 2.05 bits per heavy atom. The Hall–Kier alpha value is -0.910. The van der Waals surface area contributed by atoms with Crippen molar-refractivity contribution >= 4 is 17.2 Å². The Morgan fingerprint density at radius 3 is 2.77 bits per heavy atom. The minimum atomic E-state index is -0.437. The van der Waals surface area contributed by atoms with Crippen LogP contribution in [0, 0.1) is 0 Å². The smallest absolute Gasteiger partial charge is 0.225 e. The topological polar surface area (TPSA) is 52.6 Å². The van der Waals surface area contributed by atoms with E-state index in [4.69, 9.17) is 0 Å².